The SMILES string of the molecule is CC1C(CO)OC(CCCc2ccc(CCCC3OC(CO)C(O)CC3O)cc2)C(O)C1O. The van der Waals surface area contributed by atoms with E-state index in [1.807, 2.05) is 0 Å². The molecule has 2 heterocycles. The number of benzene rings is 1. The molecular formula is C25H40O8. The molecular weight excluding hydrogens is 428 g/mol. The van der Waals surface area contributed by atoms with Gasteiger partial charge >= 0.3 is 0 Å². The minimum Gasteiger partial charge on any atom is -0.394 e. The topological polar surface area (TPSA) is 140 Å². The van der Waals surface area contributed by atoms with Crippen LogP contribution in [-0.4, -0.2) is 92.7 Å². The lowest BCUT2D eigenvalue weighted by atomic mass is 9.86. The second-order valence-corrected chi connectivity index (χ2v) is 9.60. The minimum atomic E-state index is -0.937. The lowest BCUT2D eigenvalue weighted by Crippen LogP contribution is -2.54. The molecule has 9 atom stereocenters. The molecule has 33 heavy (non-hydrogen) atoms. The summed E-state index contributed by atoms with van der Waals surface area (Å²) in [5.74, 6) is -0.301. The fourth-order valence-corrected chi connectivity index (χ4v) is 4.90. The van der Waals surface area contributed by atoms with Crippen molar-refractivity contribution < 1.29 is 40.1 Å². The van der Waals surface area contributed by atoms with Crippen molar-refractivity contribution in [1.29, 1.82) is 0 Å². The van der Waals surface area contributed by atoms with E-state index in [-0.39, 0.29) is 31.7 Å². The van der Waals surface area contributed by atoms with Crippen molar-refractivity contribution in [3.8, 4) is 0 Å². The van der Waals surface area contributed by atoms with Crippen LogP contribution in [0.4, 0.5) is 0 Å². The number of aliphatic hydroxyl groups is 6. The first kappa shape index (κ1) is 26.5. The number of hydrogen-bond donors (Lipinski definition) is 6. The Bertz CT molecular complexity index is 696. The van der Waals surface area contributed by atoms with E-state index in [2.05, 4.69) is 24.3 Å². The van der Waals surface area contributed by atoms with Gasteiger partial charge in [0.15, 0.2) is 0 Å². The summed E-state index contributed by atoms with van der Waals surface area (Å²) in [5, 5.41) is 59.1. The highest BCUT2D eigenvalue weighted by Gasteiger charge is 2.41. The average Bonchev–Trinajstić information content (AvgIpc) is 2.81. The highest BCUT2D eigenvalue weighted by atomic mass is 16.5. The van der Waals surface area contributed by atoms with E-state index in [1.165, 1.54) is 11.1 Å². The molecule has 2 aliphatic rings. The number of hydrogen-bond acceptors (Lipinski definition) is 8. The molecule has 0 amide bonds. The van der Waals surface area contributed by atoms with Crippen LogP contribution in [0.15, 0.2) is 24.3 Å². The third-order valence-corrected chi connectivity index (χ3v) is 7.19. The summed E-state index contributed by atoms with van der Waals surface area (Å²) < 4.78 is 11.4. The van der Waals surface area contributed by atoms with Gasteiger partial charge in [0.2, 0.25) is 0 Å². The first-order valence-corrected chi connectivity index (χ1v) is 12.2. The largest absolute Gasteiger partial charge is 0.394 e. The molecule has 3 rings (SSSR count). The quantitative estimate of drug-likeness (QED) is 0.289. The van der Waals surface area contributed by atoms with Gasteiger partial charge < -0.3 is 40.1 Å². The molecule has 2 saturated heterocycles. The van der Waals surface area contributed by atoms with Crippen LogP contribution in [0.5, 0.6) is 0 Å². The molecule has 1 aromatic rings. The number of ether oxygens (including phenoxy) is 2. The van der Waals surface area contributed by atoms with Crippen molar-refractivity contribution in [1.82, 2.24) is 0 Å². The second-order valence-electron chi connectivity index (χ2n) is 9.60. The van der Waals surface area contributed by atoms with E-state index in [1.54, 1.807) is 6.92 Å². The van der Waals surface area contributed by atoms with Crippen LogP contribution >= 0.6 is 0 Å². The van der Waals surface area contributed by atoms with Gasteiger partial charge in [0, 0.05) is 12.3 Å². The monoisotopic (exact) mass is 468 g/mol. The predicted molar refractivity (Wildman–Crippen MR) is 122 cm³/mol. The molecule has 0 radical (unpaired) electrons. The second kappa shape index (κ2) is 12.6. The van der Waals surface area contributed by atoms with Gasteiger partial charge in [-0.1, -0.05) is 31.2 Å². The van der Waals surface area contributed by atoms with Gasteiger partial charge in [-0.3, -0.25) is 0 Å². The summed E-state index contributed by atoms with van der Waals surface area (Å²) >= 11 is 0. The molecule has 0 saturated carbocycles. The molecule has 188 valence electrons. The maximum absolute atomic E-state index is 10.3. The van der Waals surface area contributed by atoms with Gasteiger partial charge in [-0.25, -0.2) is 0 Å². The van der Waals surface area contributed by atoms with E-state index in [9.17, 15) is 30.6 Å². The molecule has 2 aliphatic heterocycles. The van der Waals surface area contributed by atoms with E-state index >= 15 is 0 Å². The zero-order valence-corrected chi connectivity index (χ0v) is 19.4. The smallest absolute Gasteiger partial charge is 0.107 e. The van der Waals surface area contributed by atoms with Crippen molar-refractivity contribution in [2.45, 2.75) is 101 Å². The lowest BCUT2D eigenvalue weighted by Gasteiger charge is -2.41. The van der Waals surface area contributed by atoms with E-state index in [0.29, 0.717) is 12.8 Å². The Labute approximate surface area is 195 Å². The Morgan fingerprint density at radius 1 is 0.697 bits per heavy atom. The van der Waals surface area contributed by atoms with Crippen LogP contribution in [0.25, 0.3) is 0 Å². The van der Waals surface area contributed by atoms with Crippen molar-refractivity contribution >= 4 is 0 Å². The summed E-state index contributed by atoms with van der Waals surface area (Å²) in [4.78, 5) is 0. The first-order chi connectivity index (χ1) is 15.8. The fourth-order valence-electron chi connectivity index (χ4n) is 4.90. The number of aryl methyl sites for hydroxylation is 2. The highest BCUT2D eigenvalue weighted by Crippen LogP contribution is 2.28. The average molecular weight is 469 g/mol. The van der Waals surface area contributed by atoms with Crippen molar-refractivity contribution in [2.75, 3.05) is 13.2 Å². The third kappa shape index (κ3) is 6.96. The molecule has 0 aromatic heterocycles. The zero-order chi connectivity index (χ0) is 24.0. The van der Waals surface area contributed by atoms with Gasteiger partial charge in [-0.2, -0.15) is 0 Å². The molecule has 8 heteroatoms. The molecule has 0 spiro atoms. The van der Waals surface area contributed by atoms with Crippen molar-refractivity contribution in [3.05, 3.63) is 35.4 Å². The Hall–Kier alpha value is -1.10. The lowest BCUT2D eigenvalue weighted by molar-refractivity contribution is -0.205. The maximum atomic E-state index is 10.3. The first-order valence-electron chi connectivity index (χ1n) is 12.2. The molecule has 1 aromatic carbocycles. The Morgan fingerprint density at radius 2 is 1.18 bits per heavy atom. The Morgan fingerprint density at radius 3 is 1.73 bits per heavy atom. The van der Waals surface area contributed by atoms with Crippen LogP contribution in [0.2, 0.25) is 0 Å². The predicted octanol–water partition coefficient (Wildman–Crippen LogP) is 0.321. The minimum absolute atomic E-state index is 0.168. The Balaban J connectivity index is 1.39. The standard InChI is InChI=1S/C25H40O8/c1-15-22(13-26)33-21(25(31)24(15)30)7-3-5-17-10-8-16(9-11-17)4-2-6-20-18(28)12-19(29)23(14-27)32-20/h8-11,15,18-31H,2-7,12-14H2,1H3. The molecule has 9 unspecified atom stereocenters. The molecule has 0 bridgehead atoms. The zero-order valence-electron chi connectivity index (χ0n) is 19.4. The van der Waals surface area contributed by atoms with Crippen molar-refractivity contribution in [2.24, 2.45) is 5.92 Å². The molecule has 6 N–H and O–H groups in total. The summed E-state index contributed by atoms with van der Waals surface area (Å²) in [6.07, 6.45) is -0.480. The van der Waals surface area contributed by atoms with Gasteiger partial charge in [-0.05, 0) is 49.7 Å². The summed E-state index contributed by atoms with van der Waals surface area (Å²) in [7, 11) is 0. The summed E-state index contributed by atoms with van der Waals surface area (Å²) in [5.41, 5.74) is 2.37. The normalized spacial score (nSPS) is 37.2. The van der Waals surface area contributed by atoms with Crippen LogP contribution < -0.4 is 0 Å². The van der Waals surface area contributed by atoms with Gasteiger partial charge in [0.25, 0.3) is 0 Å². The molecule has 2 fully saturated rings. The fraction of sp³-hybridized carbons (Fsp3) is 0.760. The highest BCUT2D eigenvalue weighted by molar-refractivity contribution is 5.22. The van der Waals surface area contributed by atoms with E-state index < -0.39 is 42.7 Å². The van der Waals surface area contributed by atoms with Crippen molar-refractivity contribution in [3.63, 3.8) is 0 Å². The van der Waals surface area contributed by atoms with Crippen LogP contribution in [0, 0.1) is 5.92 Å². The number of aliphatic hydroxyl groups excluding tert-OH is 6. The van der Waals surface area contributed by atoms with E-state index in [4.69, 9.17) is 9.47 Å². The molecule has 0 aliphatic carbocycles. The van der Waals surface area contributed by atoms with Gasteiger partial charge in [-0.15, -0.1) is 0 Å². The van der Waals surface area contributed by atoms with Gasteiger partial charge in [0.05, 0.1) is 49.8 Å². The third-order valence-electron chi connectivity index (χ3n) is 7.19. The summed E-state index contributed by atoms with van der Waals surface area (Å²) in [6, 6.07) is 8.36. The van der Waals surface area contributed by atoms with Crippen LogP contribution in [0.1, 0.15) is 50.2 Å². The Kier molecular flexibility index (Phi) is 10.1. The van der Waals surface area contributed by atoms with Crippen LogP contribution in [0.3, 0.4) is 0 Å². The van der Waals surface area contributed by atoms with Crippen LogP contribution in [-0.2, 0) is 22.3 Å². The molecule has 8 nitrogen and oxygen atoms in total. The summed E-state index contributed by atoms with van der Waals surface area (Å²) in [6.45, 7) is 1.35. The maximum Gasteiger partial charge on any atom is 0.107 e. The van der Waals surface area contributed by atoms with E-state index in [0.717, 1.165) is 25.7 Å². The van der Waals surface area contributed by atoms with Gasteiger partial charge in [0.1, 0.15) is 12.2 Å². The number of rotatable bonds is 10.